The van der Waals surface area contributed by atoms with Crippen molar-refractivity contribution in [3.63, 3.8) is 0 Å². The molecule has 0 spiro atoms. The number of anilines is 1. The number of rotatable bonds is 7. The average Bonchev–Trinajstić information content (AvgIpc) is 2.69. The summed E-state index contributed by atoms with van der Waals surface area (Å²) in [5.74, 6) is -1.21. The lowest BCUT2D eigenvalue weighted by Gasteiger charge is -2.23. The molecule has 27 heavy (non-hydrogen) atoms. The van der Waals surface area contributed by atoms with Crippen LogP contribution in [0, 0.1) is 0 Å². The van der Waals surface area contributed by atoms with Gasteiger partial charge in [0.15, 0.2) is 0 Å². The van der Waals surface area contributed by atoms with Gasteiger partial charge in [-0.05, 0) is 35.9 Å². The molecule has 0 atom stereocenters. The number of hydrogen-bond acceptors (Lipinski definition) is 4. The lowest BCUT2D eigenvalue weighted by Crippen LogP contribution is -2.31. The van der Waals surface area contributed by atoms with Gasteiger partial charge in [0.05, 0.1) is 16.1 Å². The van der Waals surface area contributed by atoms with Crippen molar-refractivity contribution in [1.29, 1.82) is 0 Å². The average molecular weight is 383 g/mol. The Morgan fingerprint density at radius 2 is 1.52 bits per heavy atom. The molecule has 0 aliphatic heterocycles. The van der Waals surface area contributed by atoms with E-state index in [0.717, 1.165) is 16.1 Å². The molecule has 138 valence electrons. The van der Waals surface area contributed by atoms with E-state index in [1.165, 1.54) is 18.2 Å². The van der Waals surface area contributed by atoms with Crippen LogP contribution >= 0.6 is 0 Å². The van der Waals surface area contributed by atoms with Gasteiger partial charge < -0.3 is 5.11 Å². The number of benzene rings is 3. The molecule has 0 aliphatic carbocycles. The number of hydrogen-bond donors (Lipinski definition) is 1. The van der Waals surface area contributed by atoms with E-state index in [0.29, 0.717) is 5.69 Å². The Bertz CT molecular complexity index is 1020. The fourth-order valence-electron chi connectivity index (χ4n) is 2.43. The maximum Gasteiger partial charge on any atom is 0.335 e. The van der Waals surface area contributed by atoms with Crippen LogP contribution in [0.4, 0.5) is 5.69 Å². The number of sulfonamides is 1. The molecule has 0 fully saturated rings. The molecule has 3 aromatic rings. The quantitative estimate of drug-likeness (QED) is 0.629. The third-order valence-corrected chi connectivity index (χ3v) is 5.36. The van der Waals surface area contributed by atoms with Gasteiger partial charge in [-0.3, -0.25) is 4.84 Å². The molecule has 3 rings (SSSR count). The Balaban J connectivity index is 1.98. The minimum absolute atomic E-state index is 0.0353. The van der Waals surface area contributed by atoms with Gasteiger partial charge in [-0.15, -0.1) is 4.47 Å². The van der Waals surface area contributed by atoms with Gasteiger partial charge in [0.2, 0.25) is 0 Å². The van der Waals surface area contributed by atoms with Crippen molar-refractivity contribution in [2.75, 3.05) is 4.47 Å². The van der Waals surface area contributed by atoms with Gasteiger partial charge in [0.25, 0.3) is 10.0 Å². The predicted molar refractivity (Wildman–Crippen MR) is 101 cm³/mol. The molecule has 0 saturated carbocycles. The third kappa shape index (κ3) is 4.33. The second-order valence-corrected chi connectivity index (χ2v) is 7.41. The predicted octanol–water partition coefficient (Wildman–Crippen LogP) is 3.71. The molecule has 0 heterocycles. The molecule has 0 amide bonds. The summed E-state index contributed by atoms with van der Waals surface area (Å²) in [6, 6.07) is 22.7. The summed E-state index contributed by atoms with van der Waals surface area (Å²) in [6.45, 7) is 0.0353. The van der Waals surface area contributed by atoms with Crippen LogP contribution in [0.15, 0.2) is 89.8 Å². The van der Waals surface area contributed by atoms with Crippen molar-refractivity contribution >= 4 is 21.7 Å². The lowest BCUT2D eigenvalue weighted by atomic mass is 10.2. The molecule has 0 saturated heterocycles. The van der Waals surface area contributed by atoms with E-state index >= 15 is 0 Å². The summed E-state index contributed by atoms with van der Waals surface area (Å²) in [5, 5.41) is 9.14. The Labute approximate surface area is 157 Å². The molecule has 3 aromatic carbocycles. The highest BCUT2D eigenvalue weighted by atomic mass is 32.2. The van der Waals surface area contributed by atoms with Crippen LogP contribution in [-0.2, 0) is 21.5 Å². The maximum atomic E-state index is 13.1. The first-order valence-corrected chi connectivity index (χ1v) is 9.53. The van der Waals surface area contributed by atoms with E-state index in [4.69, 9.17) is 9.94 Å². The first kappa shape index (κ1) is 18.6. The smallest absolute Gasteiger partial charge is 0.335 e. The highest BCUT2D eigenvalue weighted by Gasteiger charge is 2.27. The molecule has 0 radical (unpaired) electrons. The van der Waals surface area contributed by atoms with Gasteiger partial charge in [-0.25, -0.2) is 4.79 Å². The molecular formula is C20H17NO5S. The zero-order chi connectivity index (χ0) is 19.3. The lowest BCUT2D eigenvalue weighted by molar-refractivity contribution is 0.0696. The van der Waals surface area contributed by atoms with E-state index in [1.54, 1.807) is 30.3 Å². The standard InChI is InChI=1S/C20H17NO5S/c22-20(23)17-10-7-13-19(14-17)27(24,25)21(18-11-5-2-6-12-18)26-15-16-8-3-1-4-9-16/h1-14H,15H2,(H,22,23). The van der Waals surface area contributed by atoms with Crippen LogP contribution in [0.25, 0.3) is 0 Å². The summed E-state index contributed by atoms with van der Waals surface area (Å²) in [7, 11) is -4.13. The first-order valence-electron chi connectivity index (χ1n) is 8.09. The summed E-state index contributed by atoms with van der Waals surface area (Å²) in [5.41, 5.74) is 0.995. The Morgan fingerprint density at radius 1 is 0.889 bits per heavy atom. The summed E-state index contributed by atoms with van der Waals surface area (Å²) >= 11 is 0. The first-order chi connectivity index (χ1) is 13.0. The minimum Gasteiger partial charge on any atom is -0.478 e. The Kier molecular flexibility index (Phi) is 5.54. The van der Waals surface area contributed by atoms with Gasteiger partial charge in [0.1, 0.15) is 6.61 Å². The van der Waals surface area contributed by atoms with Crippen LogP contribution in [0.5, 0.6) is 0 Å². The number of aromatic carboxylic acids is 1. The van der Waals surface area contributed by atoms with Crippen molar-refractivity contribution in [2.45, 2.75) is 11.5 Å². The van der Waals surface area contributed by atoms with Crippen LogP contribution < -0.4 is 4.47 Å². The van der Waals surface area contributed by atoms with Crippen molar-refractivity contribution in [3.05, 3.63) is 96.1 Å². The zero-order valence-electron chi connectivity index (χ0n) is 14.2. The monoisotopic (exact) mass is 383 g/mol. The number of carbonyl (C=O) groups is 1. The summed E-state index contributed by atoms with van der Waals surface area (Å²) < 4.78 is 27.1. The second kappa shape index (κ2) is 8.03. The van der Waals surface area contributed by atoms with E-state index < -0.39 is 16.0 Å². The number of nitrogens with zero attached hydrogens (tertiary/aromatic N) is 1. The van der Waals surface area contributed by atoms with E-state index in [9.17, 15) is 13.2 Å². The fourth-order valence-corrected chi connectivity index (χ4v) is 3.73. The van der Waals surface area contributed by atoms with Crippen LogP contribution in [-0.4, -0.2) is 19.5 Å². The Morgan fingerprint density at radius 3 is 2.15 bits per heavy atom. The molecule has 0 aromatic heterocycles. The molecule has 0 aliphatic rings. The van der Waals surface area contributed by atoms with Crippen molar-refractivity contribution in [2.24, 2.45) is 0 Å². The molecular weight excluding hydrogens is 366 g/mol. The van der Waals surface area contributed by atoms with Crippen molar-refractivity contribution < 1.29 is 23.2 Å². The fraction of sp³-hybridized carbons (Fsp3) is 0.0500. The van der Waals surface area contributed by atoms with Gasteiger partial charge in [0, 0.05) is 0 Å². The normalized spacial score (nSPS) is 11.1. The number of para-hydroxylation sites is 1. The third-order valence-electron chi connectivity index (χ3n) is 3.76. The van der Waals surface area contributed by atoms with Crippen LogP contribution in [0.2, 0.25) is 0 Å². The van der Waals surface area contributed by atoms with E-state index in [1.807, 2.05) is 30.3 Å². The van der Waals surface area contributed by atoms with E-state index in [2.05, 4.69) is 0 Å². The van der Waals surface area contributed by atoms with Gasteiger partial charge >= 0.3 is 5.97 Å². The van der Waals surface area contributed by atoms with Crippen molar-refractivity contribution in [3.8, 4) is 0 Å². The molecule has 0 bridgehead atoms. The number of carboxylic acid groups (broad SMARTS) is 1. The summed E-state index contributed by atoms with van der Waals surface area (Å²) in [4.78, 5) is 16.7. The van der Waals surface area contributed by atoms with Crippen LogP contribution in [0.1, 0.15) is 15.9 Å². The van der Waals surface area contributed by atoms with Crippen molar-refractivity contribution in [1.82, 2.24) is 0 Å². The largest absolute Gasteiger partial charge is 0.478 e. The minimum atomic E-state index is -4.13. The summed E-state index contributed by atoms with van der Waals surface area (Å²) in [6.07, 6.45) is 0. The second-order valence-electron chi connectivity index (χ2n) is 5.66. The number of carboxylic acids is 1. The molecule has 6 nitrogen and oxygen atoms in total. The topological polar surface area (TPSA) is 83.9 Å². The molecule has 1 N–H and O–H groups in total. The molecule has 7 heteroatoms. The van der Waals surface area contributed by atoms with Gasteiger partial charge in [-0.1, -0.05) is 54.6 Å². The maximum absolute atomic E-state index is 13.1. The molecule has 0 unspecified atom stereocenters. The van der Waals surface area contributed by atoms with E-state index in [-0.39, 0.29) is 17.1 Å². The zero-order valence-corrected chi connectivity index (χ0v) is 15.0. The highest BCUT2D eigenvalue weighted by molar-refractivity contribution is 7.92. The Hall–Kier alpha value is -3.16. The highest BCUT2D eigenvalue weighted by Crippen LogP contribution is 2.25. The van der Waals surface area contributed by atoms with Gasteiger partial charge in [-0.2, -0.15) is 8.42 Å². The SMILES string of the molecule is O=C(O)c1cccc(S(=O)(=O)N(OCc2ccccc2)c2ccccc2)c1. The van der Waals surface area contributed by atoms with Crippen LogP contribution in [0.3, 0.4) is 0 Å².